The molecule has 5 nitrogen and oxygen atoms in total. The first-order chi connectivity index (χ1) is 7.57. The van der Waals surface area contributed by atoms with Gasteiger partial charge in [0.25, 0.3) is 0 Å². The molecule has 86 valence electrons. The van der Waals surface area contributed by atoms with Crippen LogP contribution in [0.15, 0.2) is 12.3 Å². The Labute approximate surface area is 98.4 Å². The molecular formula is C10H13ClN4O. The number of halogens is 1. The van der Waals surface area contributed by atoms with Gasteiger partial charge in [0.05, 0.1) is 0 Å². The van der Waals surface area contributed by atoms with Gasteiger partial charge in [-0.2, -0.15) is 0 Å². The standard InChI is InChI=1S/C10H13ClN4O/c11-9-13-5-2-7(15-9)14-8(16)6-10(12)3-1-4-10/h2,5H,1,3-4,6,12H2,(H,13,14,15,16). The molecule has 6 heteroatoms. The minimum absolute atomic E-state index is 0.115. The molecular weight excluding hydrogens is 228 g/mol. The Morgan fingerprint density at radius 2 is 2.38 bits per heavy atom. The third-order valence-electron chi connectivity index (χ3n) is 2.76. The summed E-state index contributed by atoms with van der Waals surface area (Å²) in [5, 5.41) is 2.77. The van der Waals surface area contributed by atoms with E-state index in [-0.39, 0.29) is 16.7 Å². The largest absolute Gasteiger partial charge is 0.325 e. The fourth-order valence-electron chi connectivity index (χ4n) is 1.72. The van der Waals surface area contributed by atoms with Crippen molar-refractivity contribution in [2.24, 2.45) is 5.73 Å². The second-order valence-electron chi connectivity index (χ2n) is 4.15. The molecule has 0 aliphatic heterocycles. The van der Waals surface area contributed by atoms with E-state index in [9.17, 15) is 4.79 Å². The molecule has 0 radical (unpaired) electrons. The van der Waals surface area contributed by atoms with E-state index in [4.69, 9.17) is 17.3 Å². The molecule has 1 aromatic rings. The van der Waals surface area contributed by atoms with E-state index < -0.39 is 0 Å². The number of amides is 1. The van der Waals surface area contributed by atoms with Gasteiger partial charge in [0.2, 0.25) is 11.2 Å². The third kappa shape index (κ3) is 2.68. The van der Waals surface area contributed by atoms with Crippen molar-refractivity contribution in [1.29, 1.82) is 0 Å². The number of nitrogens with zero attached hydrogens (tertiary/aromatic N) is 2. The van der Waals surface area contributed by atoms with Crippen LogP contribution in [-0.2, 0) is 4.79 Å². The molecule has 1 fully saturated rings. The average molecular weight is 241 g/mol. The summed E-state index contributed by atoms with van der Waals surface area (Å²) in [6.07, 6.45) is 4.74. The van der Waals surface area contributed by atoms with Gasteiger partial charge in [0, 0.05) is 18.2 Å². The lowest BCUT2D eigenvalue weighted by Crippen LogP contribution is -2.48. The fraction of sp³-hybridized carbons (Fsp3) is 0.500. The van der Waals surface area contributed by atoms with Crippen molar-refractivity contribution < 1.29 is 4.79 Å². The van der Waals surface area contributed by atoms with Crippen molar-refractivity contribution in [2.45, 2.75) is 31.2 Å². The molecule has 1 heterocycles. The van der Waals surface area contributed by atoms with Crippen LogP contribution in [0.3, 0.4) is 0 Å². The Bertz CT molecular complexity index is 406. The topological polar surface area (TPSA) is 80.9 Å². The van der Waals surface area contributed by atoms with E-state index in [1.807, 2.05) is 0 Å². The van der Waals surface area contributed by atoms with Crippen molar-refractivity contribution in [3.05, 3.63) is 17.5 Å². The van der Waals surface area contributed by atoms with Crippen LogP contribution in [0.4, 0.5) is 5.82 Å². The van der Waals surface area contributed by atoms with Gasteiger partial charge in [0.1, 0.15) is 5.82 Å². The summed E-state index contributed by atoms with van der Waals surface area (Å²) >= 11 is 5.60. The maximum atomic E-state index is 11.6. The number of aromatic nitrogens is 2. The van der Waals surface area contributed by atoms with Crippen molar-refractivity contribution in [1.82, 2.24) is 9.97 Å². The highest BCUT2D eigenvalue weighted by Gasteiger charge is 2.34. The van der Waals surface area contributed by atoms with E-state index >= 15 is 0 Å². The highest BCUT2D eigenvalue weighted by molar-refractivity contribution is 6.28. The lowest BCUT2D eigenvalue weighted by atomic mass is 9.75. The van der Waals surface area contributed by atoms with E-state index in [0.29, 0.717) is 12.2 Å². The molecule has 0 saturated heterocycles. The number of nitrogens with two attached hydrogens (primary N) is 1. The number of carbonyl (C=O) groups excluding carboxylic acids is 1. The number of rotatable bonds is 3. The van der Waals surface area contributed by atoms with Gasteiger partial charge in [-0.15, -0.1) is 0 Å². The zero-order valence-electron chi connectivity index (χ0n) is 8.74. The van der Waals surface area contributed by atoms with Crippen molar-refractivity contribution in [3.63, 3.8) is 0 Å². The molecule has 3 N–H and O–H groups in total. The van der Waals surface area contributed by atoms with Crippen LogP contribution in [0, 0.1) is 0 Å². The molecule has 1 aliphatic carbocycles. The zero-order valence-corrected chi connectivity index (χ0v) is 9.50. The molecule has 1 aromatic heterocycles. The second kappa shape index (κ2) is 4.35. The summed E-state index contributed by atoms with van der Waals surface area (Å²) in [6, 6.07) is 1.59. The molecule has 0 atom stereocenters. The molecule has 0 bridgehead atoms. The SMILES string of the molecule is NC1(CC(=O)Nc2ccnc(Cl)n2)CCC1. The number of carbonyl (C=O) groups is 1. The predicted molar refractivity (Wildman–Crippen MR) is 61.1 cm³/mol. The molecule has 0 spiro atoms. The summed E-state index contributed by atoms with van der Waals surface area (Å²) in [5.74, 6) is 0.282. The van der Waals surface area contributed by atoms with E-state index in [1.165, 1.54) is 6.20 Å². The summed E-state index contributed by atoms with van der Waals surface area (Å²) in [4.78, 5) is 19.2. The van der Waals surface area contributed by atoms with Crippen LogP contribution >= 0.6 is 11.6 Å². The fourth-order valence-corrected chi connectivity index (χ4v) is 1.87. The summed E-state index contributed by atoms with van der Waals surface area (Å²) in [6.45, 7) is 0. The van der Waals surface area contributed by atoms with Gasteiger partial charge in [0.15, 0.2) is 0 Å². The van der Waals surface area contributed by atoms with Crippen LogP contribution in [-0.4, -0.2) is 21.4 Å². The number of anilines is 1. The van der Waals surface area contributed by atoms with E-state index in [2.05, 4.69) is 15.3 Å². The van der Waals surface area contributed by atoms with Gasteiger partial charge in [-0.3, -0.25) is 4.79 Å². The molecule has 0 aromatic carbocycles. The minimum Gasteiger partial charge on any atom is -0.325 e. The number of hydrogen-bond donors (Lipinski definition) is 2. The molecule has 16 heavy (non-hydrogen) atoms. The minimum atomic E-state index is -0.319. The van der Waals surface area contributed by atoms with Gasteiger partial charge < -0.3 is 11.1 Å². The van der Waals surface area contributed by atoms with Crippen molar-refractivity contribution >= 4 is 23.3 Å². The van der Waals surface area contributed by atoms with Gasteiger partial charge in [-0.25, -0.2) is 9.97 Å². The quantitative estimate of drug-likeness (QED) is 0.782. The van der Waals surface area contributed by atoms with Gasteiger partial charge >= 0.3 is 0 Å². The predicted octanol–water partition coefficient (Wildman–Crippen LogP) is 1.34. The van der Waals surface area contributed by atoms with Crippen LogP contribution in [0.1, 0.15) is 25.7 Å². The monoisotopic (exact) mass is 240 g/mol. The van der Waals surface area contributed by atoms with Crippen molar-refractivity contribution in [3.8, 4) is 0 Å². The Kier molecular flexibility index (Phi) is 3.07. The number of nitrogens with one attached hydrogen (secondary N) is 1. The third-order valence-corrected chi connectivity index (χ3v) is 2.94. The molecule has 1 aliphatic rings. The molecule has 1 amide bonds. The zero-order chi connectivity index (χ0) is 11.6. The summed E-state index contributed by atoms with van der Waals surface area (Å²) in [5.41, 5.74) is 5.65. The van der Waals surface area contributed by atoms with Gasteiger partial charge in [-0.1, -0.05) is 0 Å². The first-order valence-electron chi connectivity index (χ1n) is 5.15. The van der Waals surface area contributed by atoms with Crippen LogP contribution in [0.2, 0.25) is 5.28 Å². The molecule has 1 saturated carbocycles. The van der Waals surface area contributed by atoms with Crippen molar-refractivity contribution in [2.75, 3.05) is 5.32 Å². The lowest BCUT2D eigenvalue weighted by molar-refractivity contribution is -0.118. The van der Waals surface area contributed by atoms with Gasteiger partial charge in [-0.05, 0) is 36.9 Å². The van der Waals surface area contributed by atoms with Crippen LogP contribution < -0.4 is 11.1 Å². The van der Waals surface area contributed by atoms with Crippen LogP contribution in [0.25, 0.3) is 0 Å². The first kappa shape index (κ1) is 11.3. The molecule has 2 rings (SSSR count). The Morgan fingerprint density at radius 1 is 1.62 bits per heavy atom. The normalized spacial score (nSPS) is 17.6. The lowest BCUT2D eigenvalue weighted by Gasteiger charge is -2.37. The van der Waals surface area contributed by atoms with Crippen LogP contribution in [0.5, 0.6) is 0 Å². The Balaban J connectivity index is 1.92. The summed E-state index contributed by atoms with van der Waals surface area (Å²) in [7, 11) is 0. The Hall–Kier alpha value is -1.20. The number of hydrogen-bond acceptors (Lipinski definition) is 4. The van der Waals surface area contributed by atoms with E-state index in [1.54, 1.807) is 6.07 Å². The maximum absolute atomic E-state index is 11.6. The first-order valence-corrected chi connectivity index (χ1v) is 5.52. The Morgan fingerprint density at radius 3 is 2.94 bits per heavy atom. The maximum Gasteiger partial charge on any atom is 0.227 e. The smallest absolute Gasteiger partial charge is 0.227 e. The summed E-state index contributed by atoms with van der Waals surface area (Å²) < 4.78 is 0. The van der Waals surface area contributed by atoms with E-state index in [0.717, 1.165) is 19.3 Å². The molecule has 0 unspecified atom stereocenters. The highest BCUT2D eigenvalue weighted by Crippen LogP contribution is 2.32. The average Bonchev–Trinajstić information content (AvgIpc) is 2.15. The highest BCUT2D eigenvalue weighted by atomic mass is 35.5. The second-order valence-corrected chi connectivity index (χ2v) is 4.49.